The smallest absolute Gasteiger partial charge is 0.0341 e. The van der Waals surface area contributed by atoms with Gasteiger partial charge in [-0.05, 0) is 60.9 Å². The first-order valence-corrected chi connectivity index (χ1v) is 6.46. The maximum atomic E-state index is 11.3. The molecule has 0 aromatic heterocycles. The minimum atomic E-state index is -1.88. The SMILES string of the molecule is C=C1C2CC3CC1CC(S(=O)[O-])(C3)C2. The molecule has 0 amide bonds. The highest BCUT2D eigenvalue weighted by atomic mass is 32.2. The van der Waals surface area contributed by atoms with Gasteiger partial charge in [0, 0.05) is 4.75 Å². The Morgan fingerprint density at radius 1 is 1.29 bits per heavy atom. The molecule has 2 nitrogen and oxygen atoms in total. The molecule has 14 heavy (non-hydrogen) atoms. The van der Waals surface area contributed by atoms with Crippen LogP contribution in [0.3, 0.4) is 0 Å². The van der Waals surface area contributed by atoms with E-state index in [0.29, 0.717) is 17.8 Å². The predicted molar refractivity (Wildman–Crippen MR) is 54.3 cm³/mol. The van der Waals surface area contributed by atoms with E-state index in [0.717, 1.165) is 19.3 Å². The molecule has 0 spiro atoms. The second-order valence-corrected chi connectivity index (χ2v) is 6.67. The Morgan fingerprint density at radius 2 is 1.86 bits per heavy atom. The highest BCUT2D eigenvalue weighted by Gasteiger charge is 2.53. The molecular weight excluding hydrogens is 196 g/mol. The molecule has 0 aliphatic heterocycles. The van der Waals surface area contributed by atoms with Crippen molar-refractivity contribution in [3.05, 3.63) is 12.2 Å². The molecule has 4 aliphatic rings. The van der Waals surface area contributed by atoms with Gasteiger partial charge in [-0.3, -0.25) is 4.21 Å². The van der Waals surface area contributed by atoms with Crippen molar-refractivity contribution in [2.24, 2.45) is 17.8 Å². The zero-order valence-electron chi connectivity index (χ0n) is 8.20. The Bertz CT molecular complexity index is 305. The van der Waals surface area contributed by atoms with Gasteiger partial charge in [0.15, 0.2) is 0 Å². The van der Waals surface area contributed by atoms with Crippen molar-refractivity contribution in [2.75, 3.05) is 0 Å². The molecule has 0 saturated heterocycles. The molecular formula is C11H15O2S-. The standard InChI is InChI=1S/C11H16O2S/c1-7-9-2-8-3-10(7)6-11(4-8,5-9)14(12)13/h8-10H,1-6H2,(H,12,13)/p-1. The van der Waals surface area contributed by atoms with Gasteiger partial charge >= 0.3 is 0 Å². The fraction of sp³-hybridized carbons (Fsp3) is 0.818. The molecule has 4 aliphatic carbocycles. The van der Waals surface area contributed by atoms with Crippen LogP contribution in [0.5, 0.6) is 0 Å². The van der Waals surface area contributed by atoms with Crippen LogP contribution < -0.4 is 0 Å². The van der Waals surface area contributed by atoms with E-state index < -0.39 is 11.1 Å². The van der Waals surface area contributed by atoms with Gasteiger partial charge in [0.2, 0.25) is 0 Å². The van der Waals surface area contributed by atoms with Gasteiger partial charge in [-0.1, -0.05) is 12.2 Å². The zero-order chi connectivity index (χ0) is 9.92. The Hall–Kier alpha value is -0.150. The maximum Gasteiger partial charge on any atom is 0.0341 e. The molecule has 3 atom stereocenters. The van der Waals surface area contributed by atoms with E-state index in [1.165, 1.54) is 18.4 Å². The number of hydrogen-bond donors (Lipinski definition) is 0. The lowest BCUT2D eigenvalue weighted by molar-refractivity contribution is 0.0845. The molecule has 4 fully saturated rings. The summed E-state index contributed by atoms with van der Waals surface area (Å²) in [6, 6.07) is 0. The summed E-state index contributed by atoms with van der Waals surface area (Å²) < 4.78 is 22.3. The third kappa shape index (κ3) is 1.03. The van der Waals surface area contributed by atoms with E-state index in [9.17, 15) is 8.76 Å². The molecule has 3 heteroatoms. The summed E-state index contributed by atoms with van der Waals surface area (Å²) in [5.41, 5.74) is 1.35. The molecule has 4 bridgehead atoms. The van der Waals surface area contributed by atoms with Crippen LogP contribution in [0.25, 0.3) is 0 Å². The first kappa shape index (κ1) is 9.10. The van der Waals surface area contributed by atoms with E-state index in [1.807, 2.05) is 0 Å². The first-order chi connectivity index (χ1) is 6.61. The van der Waals surface area contributed by atoms with Crippen LogP contribution in [0.2, 0.25) is 0 Å². The lowest BCUT2D eigenvalue weighted by Crippen LogP contribution is -2.53. The molecule has 0 aromatic rings. The highest BCUT2D eigenvalue weighted by molar-refractivity contribution is 7.80. The highest BCUT2D eigenvalue weighted by Crippen LogP contribution is 2.59. The summed E-state index contributed by atoms with van der Waals surface area (Å²) in [6.45, 7) is 4.14. The third-order valence-electron chi connectivity index (χ3n) is 4.54. The van der Waals surface area contributed by atoms with Gasteiger partial charge in [-0.15, -0.1) is 0 Å². The maximum absolute atomic E-state index is 11.3. The van der Waals surface area contributed by atoms with Gasteiger partial charge in [-0.25, -0.2) is 0 Å². The fourth-order valence-corrected chi connectivity index (χ4v) is 5.06. The third-order valence-corrected chi connectivity index (χ3v) is 5.74. The van der Waals surface area contributed by atoms with Crippen molar-refractivity contribution in [3.8, 4) is 0 Å². The largest absolute Gasteiger partial charge is 0.772 e. The molecule has 4 saturated carbocycles. The summed E-state index contributed by atoms with van der Waals surface area (Å²) in [5.74, 6) is 1.69. The van der Waals surface area contributed by atoms with Crippen molar-refractivity contribution in [1.82, 2.24) is 0 Å². The summed E-state index contributed by atoms with van der Waals surface area (Å²) in [7, 11) is 0. The van der Waals surface area contributed by atoms with E-state index in [2.05, 4.69) is 6.58 Å². The lowest BCUT2D eigenvalue weighted by Gasteiger charge is -2.58. The molecule has 3 unspecified atom stereocenters. The van der Waals surface area contributed by atoms with Gasteiger partial charge in [0.05, 0.1) is 0 Å². The minimum absolute atomic E-state index is 0.363. The van der Waals surface area contributed by atoms with Crippen LogP contribution in [0.1, 0.15) is 32.1 Å². The number of hydrogen-bond acceptors (Lipinski definition) is 2. The molecule has 0 aromatic carbocycles. The van der Waals surface area contributed by atoms with E-state index in [4.69, 9.17) is 0 Å². The van der Waals surface area contributed by atoms with Crippen molar-refractivity contribution < 1.29 is 8.76 Å². The zero-order valence-corrected chi connectivity index (χ0v) is 9.02. The summed E-state index contributed by atoms with van der Waals surface area (Å²) in [5, 5.41) is 0. The lowest BCUT2D eigenvalue weighted by atomic mass is 9.54. The second kappa shape index (κ2) is 2.70. The normalized spacial score (nSPS) is 52.4. The van der Waals surface area contributed by atoms with Gasteiger partial charge in [-0.2, -0.15) is 0 Å². The van der Waals surface area contributed by atoms with Crippen molar-refractivity contribution in [2.45, 2.75) is 36.9 Å². The topological polar surface area (TPSA) is 40.1 Å². The summed E-state index contributed by atoms with van der Waals surface area (Å²) in [4.78, 5) is 0. The van der Waals surface area contributed by atoms with Crippen molar-refractivity contribution in [3.63, 3.8) is 0 Å². The van der Waals surface area contributed by atoms with Gasteiger partial charge in [0.1, 0.15) is 0 Å². The number of allylic oxidation sites excluding steroid dienone is 1. The monoisotopic (exact) mass is 211 g/mol. The van der Waals surface area contributed by atoms with E-state index >= 15 is 0 Å². The van der Waals surface area contributed by atoms with Crippen LogP contribution >= 0.6 is 0 Å². The molecule has 0 N–H and O–H groups in total. The van der Waals surface area contributed by atoms with Crippen molar-refractivity contribution in [1.29, 1.82) is 0 Å². The van der Waals surface area contributed by atoms with Gasteiger partial charge in [0.25, 0.3) is 0 Å². The molecule has 78 valence electrons. The number of rotatable bonds is 1. The van der Waals surface area contributed by atoms with Gasteiger partial charge < -0.3 is 4.55 Å². The van der Waals surface area contributed by atoms with Crippen LogP contribution in [0.4, 0.5) is 0 Å². The minimum Gasteiger partial charge on any atom is -0.772 e. The fourth-order valence-electron chi connectivity index (χ4n) is 4.01. The van der Waals surface area contributed by atoms with Crippen LogP contribution in [0, 0.1) is 17.8 Å². The predicted octanol–water partition coefficient (Wildman–Crippen LogP) is 2.00. The van der Waals surface area contributed by atoms with Crippen LogP contribution in [0.15, 0.2) is 12.2 Å². The summed E-state index contributed by atoms with van der Waals surface area (Å²) >= 11 is -1.88. The average molecular weight is 211 g/mol. The Kier molecular flexibility index (Phi) is 1.76. The Labute approximate surface area is 87.1 Å². The Balaban J connectivity index is 2.00. The van der Waals surface area contributed by atoms with Crippen LogP contribution in [-0.2, 0) is 11.1 Å². The molecule has 0 radical (unpaired) electrons. The molecule has 0 heterocycles. The van der Waals surface area contributed by atoms with E-state index in [1.54, 1.807) is 0 Å². The van der Waals surface area contributed by atoms with Crippen LogP contribution in [-0.4, -0.2) is 13.5 Å². The molecule has 4 rings (SSSR count). The van der Waals surface area contributed by atoms with E-state index in [-0.39, 0.29) is 4.75 Å². The summed E-state index contributed by atoms with van der Waals surface area (Å²) in [6.07, 6.45) is 5.04. The second-order valence-electron chi connectivity index (χ2n) is 5.34. The quantitative estimate of drug-likeness (QED) is 0.491. The average Bonchev–Trinajstić information content (AvgIpc) is 2.12. The Morgan fingerprint density at radius 3 is 2.36 bits per heavy atom. The van der Waals surface area contributed by atoms with Crippen molar-refractivity contribution >= 4 is 11.1 Å². The first-order valence-electron chi connectivity index (χ1n) is 5.39.